The molecule has 1 aliphatic heterocycles. The van der Waals surface area contributed by atoms with Crippen LogP contribution in [0.4, 0.5) is 0 Å². The van der Waals surface area contributed by atoms with Gasteiger partial charge < -0.3 is 14.8 Å². The van der Waals surface area contributed by atoms with E-state index in [2.05, 4.69) is 17.1 Å². The molecular weight excluding hydrogens is 264 g/mol. The number of benzene rings is 1. The van der Waals surface area contributed by atoms with Crippen molar-refractivity contribution in [3.63, 3.8) is 0 Å². The predicted molar refractivity (Wildman–Crippen MR) is 77.3 cm³/mol. The topological polar surface area (TPSA) is 33.7 Å². The van der Waals surface area contributed by atoms with Crippen LogP contribution in [0.3, 0.4) is 0 Å². The average molecular weight is 285 g/mol. The third-order valence-corrected chi connectivity index (χ3v) is 4.04. The lowest BCUT2D eigenvalue weighted by Crippen LogP contribution is -2.56. The number of nitrogens with zero attached hydrogens (tertiary/aromatic N) is 1. The molecule has 1 saturated heterocycles. The zero-order valence-electron chi connectivity index (χ0n) is 11.7. The second-order valence-electron chi connectivity index (χ2n) is 4.65. The van der Waals surface area contributed by atoms with E-state index >= 15 is 0 Å². The maximum absolute atomic E-state index is 6.41. The molecule has 5 heteroatoms. The highest BCUT2D eigenvalue weighted by Crippen LogP contribution is 2.37. The van der Waals surface area contributed by atoms with Gasteiger partial charge in [0, 0.05) is 25.7 Å². The van der Waals surface area contributed by atoms with E-state index in [-0.39, 0.29) is 0 Å². The average Bonchev–Trinajstić information content (AvgIpc) is 2.37. The number of halogens is 1. The summed E-state index contributed by atoms with van der Waals surface area (Å²) in [5.74, 6) is 1.29. The summed E-state index contributed by atoms with van der Waals surface area (Å²) in [4.78, 5) is 2.42. The molecule has 0 unspecified atom stereocenters. The van der Waals surface area contributed by atoms with Gasteiger partial charge in [0.25, 0.3) is 0 Å². The Balaban J connectivity index is 2.19. The molecule has 0 bridgehead atoms. The van der Waals surface area contributed by atoms with Crippen molar-refractivity contribution in [1.82, 2.24) is 10.2 Å². The largest absolute Gasteiger partial charge is 0.493 e. The summed E-state index contributed by atoms with van der Waals surface area (Å²) in [6.07, 6.45) is 0. The van der Waals surface area contributed by atoms with Gasteiger partial charge in [-0.25, -0.2) is 0 Å². The van der Waals surface area contributed by atoms with Gasteiger partial charge in [-0.3, -0.25) is 4.90 Å². The number of hydrogen-bond acceptors (Lipinski definition) is 4. The fourth-order valence-corrected chi connectivity index (χ4v) is 2.59. The molecule has 1 aromatic carbocycles. The first kappa shape index (κ1) is 14.4. The molecule has 0 atom stereocenters. The lowest BCUT2D eigenvalue weighted by atomic mass is 10.1. The van der Waals surface area contributed by atoms with Crippen LogP contribution in [-0.2, 0) is 6.54 Å². The van der Waals surface area contributed by atoms with E-state index in [0.717, 1.165) is 31.7 Å². The molecule has 1 N–H and O–H groups in total. The van der Waals surface area contributed by atoms with Crippen LogP contribution < -0.4 is 14.8 Å². The van der Waals surface area contributed by atoms with Gasteiger partial charge in [-0.05, 0) is 18.2 Å². The standard InChI is InChI=1S/C14H21ClN2O2/c1-4-17(11-7-16-8-11)9-10-5-6-12(18-2)14(19-3)13(10)15/h5-6,11,16H,4,7-9H2,1-3H3. The Hall–Kier alpha value is -0.970. The molecule has 1 aromatic rings. The van der Waals surface area contributed by atoms with Crippen LogP contribution in [0.5, 0.6) is 11.5 Å². The Morgan fingerprint density at radius 3 is 2.53 bits per heavy atom. The predicted octanol–water partition coefficient (Wildman–Crippen LogP) is 2.15. The van der Waals surface area contributed by atoms with E-state index in [9.17, 15) is 0 Å². The number of hydrogen-bond donors (Lipinski definition) is 1. The number of ether oxygens (including phenoxy) is 2. The normalized spacial score (nSPS) is 15.4. The quantitative estimate of drug-likeness (QED) is 0.868. The molecule has 0 spiro atoms. The van der Waals surface area contributed by atoms with Crippen LogP contribution in [0, 0.1) is 0 Å². The highest BCUT2D eigenvalue weighted by atomic mass is 35.5. The minimum absolute atomic E-state index is 0.606. The van der Waals surface area contributed by atoms with E-state index in [1.54, 1.807) is 14.2 Å². The first-order chi connectivity index (χ1) is 9.21. The van der Waals surface area contributed by atoms with Crippen LogP contribution in [0.25, 0.3) is 0 Å². The molecular formula is C14H21ClN2O2. The Bertz CT molecular complexity index is 436. The zero-order chi connectivity index (χ0) is 13.8. The highest BCUT2D eigenvalue weighted by molar-refractivity contribution is 6.33. The van der Waals surface area contributed by atoms with Gasteiger partial charge in [0.2, 0.25) is 0 Å². The van der Waals surface area contributed by atoms with Crippen LogP contribution in [0.1, 0.15) is 12.5 Å². The molecule has 0 aromatic heterocycles. The molecule has 1 heterocycles. The second-order valence-corrected chi connectivity index (χ2v) is 5.03. The fraction of sp³-hybridized carbons (Fsp3) is 0.571. The molecule has 1 aliphatic rings. The van der Waals surface area contributed by atoms with Gasteiger partial charge in [-0.2, -0.15) is 0 Å². The van der Waals surface area contributed by atoms with Crippen molar-refractivity contribution in [3.05, 3.63) is 22.7 Å². The SMILES string of the molecule is CCN(Cc1ccc(OC)c(OC)c1Cl)C1CNC1. The lowest BCUT2D eigenvalue weighted by Gasteiger charge is -2.37. The first-order valence-electron chi connectivity index (χ1n) is 6.55. The monoisotopic (exact) mass is 284 g/mol. The number of likely N-dealkylation sites (N-methyl/N-ethyl adjacent to an activating group) is 1. The molecule has 1 fully saturated rings. The summed E-state index contributed by atoms with van der Waals surface area (Å²) in [6.45, 7) is 6.13. The lowest BCUT2D eigenvalue weighted by molar-refractivity contribution is 0.145. The summed E-state index contributed by atoms with van der Waals surface area (Å²) in [7, 11) is 3.23. The summed E-state index contributed by atoms with van der Waals surface area (Å²) < 4.78 is 10.6. The third kappa shape index (κ3) is 2.96. The number of methoxy groups -OCH3 is 2. The highest BCUT2D eigenvalue weighted by Gasteiger charge is 2.24. The van der Waals surface area contributed by atoms with E-state index in [1.807, 2.05) is 12.1 Å². The maximum atomic E-state index is 6.41. The van der Waals surface area contributed by atoms with Gasteiger partial charge in [0.05, 0.1) is 19.2 Å². The molecule has 19 heavy (non-hydrogen) atoms. The van der Waals surface area contributed by atoms with Gasteiger partial charge >= 0.3 is 0 Å². The smallest absolute Gasteiger partial charge is 0.179 e. The van der Waals surface area contributed by atoms with Crippen molar-refractivity contribution >= 4 is 11.6 Å². The van der Waals surface area contributed by atoms with Gasteiger partial charge in [-0.1, -0.05) is 24.6 Å². The van der Waals surface area contributed by atoms with Crippen LogP contribution >= 0.6 is 11.6 Å². The molecule has 0 saturated carbocycles. The fourth-order valence-electron chi connectivity index (χ4n) is 2.30. The van der Waals surface area contributed by atoms with E-state index in [1.165, 1.54) is 0 Å². The van der Waals surface area contributed by atoms with Crippen molar-refractivity contribution in [2.24, 2.45) is 0 Å². The minimum atomic E-state index is 0.606. The summed E-state index contributed by atoms with van der Waals surface area (Å²) >= 11 is 6.41. The first-order valence-corrected chi connectivity index (χ1v) is 6.93. The number of rotatable bonds is 6. The van der Waals surface area contributed by atoms with Crippen molar-refractivity contribution < 1.29 is 9.47 Å². The van der Waals surface area contributed by atoms with Crippen molar-refractivity contribution in [2.45, 2.75) is 19.5 Å². The Morgan fingerprint density at radius 1 is 1.32 bits per heavy atom. The van der Waals surface area contributed by atoms with Crippen molar-refractivity contribution in [1.29, 1.82) is 0 Å². The third-order valence-electron chi connectivity index (χ3n) is 3.62. The van der Waals surface area contributed by atoms with Gasteiger partial charge in [-0.15, -0.1) is 0 Å². The zero-order valence-corrected chi connectivity index (χ0v) is 12.5. The van der Waals surface area contributed by atoms with Crippen LogP contribution in [0.2, 0.25) is 5.02 Å². The van der Waals surface area contributed by atoms with Crippen LogP contribution in [0.15, 0.2) is 12.1 Å². The Labute approximate surface area is 119 Å². The molecule has 0 aliphatic carbocycles. The molecule has 4 nitrogen and oxygen atoms in total. The molecule has 0 radical (unpaired) electrons. The van der Waals surface area contributed by atoms with Crippen LogP contribution in [-0.4, -0.2) is 44.8 Å². The Kier molecular flexibility index (Phi) is 4.91. The summed E-state index contributed by atoms with van der Waals surface area (Å²) in [5.41, 5.74) is 1.08. The number of nitrogens with one attached hydrogen (secondary N) is 1. The van der Waals surface area contributed by atoms with Crippen molar-refractivity contribution in [2.75, 3.05) is 33.9 Å². The molecule has 106 valence electrons. The maximum Gasteiger partial charge on any atom is 0.179 e. The van der Waals surface area contributed by atoms with Gasteiger partial charge in [0.15, 0.2) is 11.5 Å². The van der Waals surface area contributed by atoms with E-state index < -0.39 is 0 Å². The van der Waals surface area contributed by atoms with Crippen molar-refractivity contribution in [3.8, 4) is 11.5 Å². The Morgan fingerprint density at radius 2 is 2.05 bits per heavy atom. The van der Waals surface area contributed by atoms with Gasteiger partial charge in [0.1, 0.15) is 0 Å². The second kappa shape index (κ2) is 6.46. The summed E-state index contributed by atoms with van der Waals surface area (Å²) in [6, 6.07) is 4.53. The summed E-state index contributed by atoms with van der Waals surface area (Å²) in [5, 5.41) is 3.94. The molecule has 0 amide bonds. The minimum Gasteiger partial charge on any atom is -0.493 e. The van der Waals surface area contributed by atoms with E-state index in [0.29, 0.717) is 22.6 Å². The molecule has 2 rings (SSSR count). The van der Waals surface area contributed by atoms with E-state index in [4.69, 9.17) is 21.1 Å².